The Labute approximate surface area is 61.2 Å². The number of carbonyl (C=O) groups excluding carboxylic acids is 1. The van der Waals surface area contributed by atoms with Crippen LogP contribution in [-0.4, -0.2) is 17.3 Å². The molecule has 0 saturated carbocycles. The summed E-state index contributed by atoms with van der Waals surface area (Å²) in [5.41, 5.74) is 0. The van der Waals surface area contributed by atoms with E-state index in [0.717, 1.165) is 5.75 Å². The van der Waals surface area contributed by atoms with Crippen LogP contribution in [0.4, 0.5) is 0 Å². The van der Waals surface area contributed by atoms with E-state index in [1.54, 1.807) is 11.8 Å². The molecule has 0 bridgehead atoms. The van der Waals surface area contributed by atoms with Gasteiger partial charge in [0, 0.05) is 5.92 Å². The molecule has 0 heterocycles. The van der Waals surface area contributed by atoms with E-state index in [1.165, 1.54) is 0 Å². The van der Waals surface area contributed by atoms with Gasteiger partial charge in [-0.1, -0.05) is 20.8 Å². The van der Waals surface area contributed by atoms with E-state index in [1.807, 2.05) is 13.8 Å². The molecule has 9 heavy (non-hydrogen) atoms. The summed E-state index contributed by atoms with van der Waals surface area (Å²) < 4.78 is 0. The molecule has 0 saturated heterocycles. The highest BCUT2D eigenvalue weighted by Gasteiger charge is 2.04. The van der Waals surface area contributed by atoms with Crippen molar-refractivity contribution in [2.75, 3.05) is 11.5 Å². The molecule has 0 aliphatic heterocycles. The normalized spacial score (nSPS) is 10.2. The molecule has 0 aromatic heterocycles. The fraction of sp³-hybridized carbons (Fsp3) is 0.857. The van der Waals surface area contributed by atoms with Gasteiger partial charge in [-0.25, -0.2) is 0 Å². The van der Waals surface area contributed by atoms with Gasteiger partial charge >= 0.3 is 0 Å². The number of rotatable bonds is 4. The van der Waals surface area contributed by atoms with Crippen molar-refractivity contribution in [2.45, 2.75) is 20.8 Å². The van der Waals surface area contributed by atoms with E-state index in [9.17, 15) is 4.79 Å². The third-order valence-corrected chi connectivity index (χ3v) is 1.99. The van der Waals surface area contributed by atoms with Crippen molar-refractivity contribution < 1.29 is 4.79 Å². The van der Waals surface area contributed by atoms with Crippen molar-refractivity contribution in [1.82, 2.24) is 0 Å². The highest BCUT2D eigenvalue weighted by Crippen LogP contribution is 2.03. The average Bonchev–Trinajstić information content (AvgIpc) is 1.82. The lowest BCUT2D eigenvalue weighted by molar-refractivity contribution is -0.119. The van der Waals surface area contributed by atoms with Crippen molar-refractivity contribution >= 4 is 17.5 Å². The largest absolute Gasteiger partial charge is 0.298 e. The zero-order valence-electron chi connectivity index (χ0n) is 6.31. The lowest BCUT2D eigenvalue weighted by Gasteiger charge is -2.00. The Morgan fingerprint density at radius 1 is 1.56 bits per heavy atom. The lowest BCUT2D eigenvalue weighted by Crippen LogP contribution is -2.09. The highest BCUT2D eigenvalue weighted by atomic mass is 32.2. The van der Waals surface area contributed by atoms with Gasteiger partial charge in [0.15, 0.2) is 0 Å². The first-order valence-electron chi connectivity index (χ1n) is 3.29. The molecular weight excluding hydrogens is 132 g/mol. The van der Waals surface area contributed by atoms with Crippen LogP contribution in [0.2, 0.25) is 0 Å². The summed E-state index contributed by atoms with van der Waals surface area (Å²) in [5.74, 6) is 2.30. The first kappa shape index (κ1) is 9.02. The first-order valence-corrected chi connectivity index (χ1v) is 4.44. The Morgan fingerprint density at radius 3 is 2.44 bits per heavy atom. The lowest BCUT2D eigenvalue weighted by atomic mass is 10.1. The van der Waals surface area contributed by atoms with Crippen LogP contribution >= 0.6 is 11.8 Å². The molecule has 0 spiro atoms. The summed E-state index contributed by atoms with van der Waals surface area (Å²) in [7, 11) is 0. The summed E-state index contributed by atoms with van der Waals surface area (Å²) in [6.07, 6.45) is 0. The molecule has 0 aromatic rings. The van der Waals surface area contributed by atoms with Crippen LogP contribution in [0.1, 0.15) is 20.8 Å². The van der Waals surface area contributed by atoms with Crippen molar-refractivity contribution in [2.24, 2.45) is 5.92 Å². The minimum absolute atomic E-state index is 0.212. The van der Waals surface area contributed by atoms with E-state index >= 15 is 0 Å². The summed E-state index contributed by atoms with van der Waals surface area (Å²) in [4.78, 5) is 10.9. The quantitative estimate of drug-likeness (QED) is 0.603. The van der Waals surface area contributed by atoms with Gasteiger partial charge in [0.1, 0.15) is 5.78 Å². The van der Waals surface area contributed by atoms with Crippen molar-refractivity contribution in [3.05, 3.63) is 0 Å². The van der Waals surface area contributed by atoms with Gasteiger partial charge in [-0.2, -0.15) is 11.8 Å². The van der Waals surface area contributed by atoms with E-state index in [4.69, 9.17) is 0 Å². The van der Waals surface area contributed by atoms with Crippen LogP contribution in [0, 0.1) is 5.92 Å². The molecule has 0 aliphatic rings. The molecule has 2 heteroatoms. The van der Waals surface area contributed by atoms with Gasteiger partial charge in [-0.3, -0.25) is 4.79 Å². The second-order valence-corrected chi connectivity index (χ2v) is 3.53. The Hall–Kier alpha value is 0.0200. The molecule has 0 amide bonds. The Balaban J connectivity index is 3.28. The fourth-order valence-corrected chi connectivity index (χ4v) is 1.11. The minimum atomic E-state index is 0.212. The zero-order chi connectivity index (χ0) is 7.28. The monoisotopic (exact) mass is 146 g/mol. The van der Waals surface area contributed by atoms with Gasteiger partial charge in [0.05, 0.1) is 5.75 Å². The number of ketones is 1. The van der Waals surface area contributed by atoms with Gasteiger partial charge in [0.2, 0.25) is 0 Å². The topological polar surface area (TPSA) is 17.1 Å². The smallest absolute Gasteiger partial charge is 0.145 e. The van der Waals surface area contributed by atoms with Crippen LogP contribution in [0.5, 0.6) is 0 Å². The summed E-state index contributed by atoms with van der Waals surface area (Å²) in [6, 6.07) is 0. The van der Waals surface area contributed by atoms with Crippen molar-refractivity contribution in [1.29, 1.82) is 0 Å². The van der Waals surface area contributed by atoms with Gasteiger partial charge in [-0.05, 0) is 5.75 Å². The number of Topliss-reactive ketones (excluding diaryl/α,β-unsaturated/α-hetero) is 1. The van der Waals surface area contributed by atoms with E-state index in [2.05, 4.69) is 6.92 Å². The SMILES string of the molecule is CCSCC(=O)C(C)C. The van der Waals surface area contributed by atoms with Crippen LogP contribution in [0.25, 0.3) is 0 Å². The summed E-state index contributed by atoms with van der Waals surface area (Å²) >= 11 is 1.69. The van der Waals surface area contributed by atoms with Crippen LogP contribution < -0.4 is 0 Å². The number of thioether (sulfide) groups is 1. The zero-order valence-corrected chi connectivity index (χ0v) is 7.12. The van der Waals surface area contributed by atoms with E-state index < -0.39 is 0 Å². The second-order valence-electron chi connectivity index (χ2n) is 2.26. The fourth-order valence-electron chi connectivity index (χ4n) is 0.369. The molecule has 0 aromatic carbocycles. The summed E-state index contributed by atoms with van der Waals surface area (Å²) in [5, 5.41) is 0. The van der Waals surface area contributed by atoms with Gasteiger partial charge in [0.25, 0.3) is 0 Å². The highest BCUT2D eigenvalue weighted by molar-refractivity contribution is 7.99. The third kappa shape index (κ3) is 4.52. The molecule has 0 atom stereocenters. The standard InChI is InChI=1S/C7H14OS/c1-4-9-5-7(8)6(2)3/h6H,4-5H2,1-3H3. The summed E-state index contributed by atoms with van der Waals surface area (Å²) in [6.45, 7) is 5.95. The number of carbonyl (C=O) groups is 1. The average molecular weight is 146 g/mol. The minimum Gasteiger partial charge on any atom is -0.298 e. The van der Waals surface area contributed by atoms with E-state index in [0.29, 0.717) is 11.5 Å². The number of hydrogen-bond acceptors (Lipinski definition) is 2. The molecule has 0 N–H and O–H groups in total. The predicted molar refractivity (Wildman–Crippen MR) is 42.8 cm³/mol. The molecule has 0 unspecified atom stereocenters. The third-order valence-electron chi connectivity index (χ3n) is 1.09. The molecule has 0 rings (SSSR count). The maximum absolute atomic E-state index is 10.9. The first-order chi connectivity index (χ1) is 4.18. The predicted octanol–water partition coefficient (Wildman–Crippen LogP) is 1.96. The Morgan fingerprint density at radius 2 is 2.11 bits per heavy atom. The van der Waals surface area contributed by atoms with Gasteiger partial charge in [-0.15, -0.1) is 0 Å². The van der Waals surface area contributed by atoms with Crippen LogP contribution in [-0.2, 0) is 4.79 Å². The molecule has 0 radical (unpaired) electrons. The maximum Gasteiger partial charge on any atom is 0.145 e. The van der Waals surface area contributed by atoms with Crippen LogP contribution in [0.3, 0.4) is 0 Å². The Bertz CT molecular complexity index is 88.9. The second kappa shape index (κ2) is 4.86. The number of hydrogen-bond donors (Lipinski definition) is 0. The van der Waals surface area contributed by atoms with Crippen LogP contribution in [0.15, 0.2) is 0 Å². The van der Waals surface area contributed by atoms with Crippen molar-refractivity contribution in [3.8, 4) is 0 Å². The van der Waals surface area contributed by atoms with Gasteiger partial charge < -0.3 is 0 Å². The molecular formula is C7H14OS. The maximum atomic E-state index is 10.9. The molecule has 1 nitrogen and oxygen atoms in total. The molecule has 0 aliphatic carbocycles. The van der Waals surface area contributed by atoms with E-state index in [-0.39, 0.29) is 5.92 Å². The molecule has 54 valence electrons. The molecule has 0 fully saturated rings. The Kier molecular flexibility index (Phi) is 4.87. The van der Waals surface area contributed by atoms with Crippen molar-refractivity contribution in [3.63, 3.8) is 0 Å².